The predicted molar refractivity (Wildman–Crippen MR) is 51.7 cm³/mol. The van der Waals surface area contributed by atoms with Gasteiger partial charge >= 0.3 is 6.18 Å². The molecule has 1 heterocycles. The van der Waals surface area contributed by atoms with E-state index >= 15 is 0 Å². The minimum absolute atomic E-state index is 0.0359. The fourth-order valence-corrected chi connectivity index (χ4v) is 1.78. The number of halogens is 3. The van der Waals surface area contributed by atoms with Gasteiger partial charge in [-0.05, 0) is 25.9 Å². The molecule has 0 aromatic heterocycles. The summed E-state index contributed by atoms with van der Waals surface area (Å²) in [6.45, 7) is 1.13. The maximum atomic E-state index is 12.0. The van der Waals surface area contributed by atoms with Crippen molar-refractivity contribution in [3.05, 3.63) is 0 Å². The first kappa shape index (κ1) is 13.7. The second-order valence-corrected chi connectivity index (χ2v) is 4.23. The molecule has 16 heavy (non-hydrogen) atoms. The molecule has 0 spiro atoms. The van der Waals surface area contributed by atoms with Gasteiger partial charge in [0.05, 0.1) is 6.61 Å². The van der Waals surface area contributed by atoms with Crippen LogP contribution in [0.4, 0.5) is 13.2 Å². The predicted octanol–water partition coefficient (Wildman–Crippen LogP) is -0.181. The summed E-state index contributed by atoms with van der Waals surface area (Å²) in [6, 6.07) is 0. The van der Waals surface area contributed by atoms with Crippen LogP contribution >= 0.6 is 0 Å². The maximum Gasteiger partial charge on any atom is 0.427 e. The first-order valence-corrected chi connectivity index (χ1v) is 5.19. The van der Waals surface area contributed by atoms with Crippen LogP contribution in [-0.2, 0) is 0 Å². The molecule has 1 unspecified atom stereocenters. The summed E-state index contributed by atoms with van der Waals surface area (Å²) in [4.78, 5) is 0. The molecule has 0 radical (unpaired) electrons. The molecule has 4 N–H and O–H groups in total. The summed E-state index contributed by atoms with van der Waals surface area (Å²) in [7, 11) is 0. The van der Waals surface area contributed by atoms with Crippen molar-refractivity contribution in [2.45, 2.75) is 25.2 Å². The molecule has 7 heteroatoms. The van der Waals surface area contributed by atoms with E-state index in [1.54, 1.807) is 0 Å². The molecular formula is C9H17F3N2O2. The first-order valence-electron chi connectivity index (χ1n) is 5.19. The van der Waals surface area contributed by atoms with Crippen LogP contribution < -0.4 is 10.6 Å². The molecule has 1 saturated heterocycles. The Morgan fingerprint density at radius 3 is 2.31 bits per heavy atom. The van der Waals surface area contributed by atoms with Gasteiger partial charge in [-0.2, -0.15) is 13.2 Å². The molecule has 0 aliphatic carbocycles. The summed E-state index contributed by atoms with van der Waals surface area (Å²) in [5.41, 5.74) is -0.558. The van der Waals surface area contributed by atoms with Gasteiger partial charge in [-0.1, -0.05) is 0 Å². The summed E-state index contributed by atoms with van der Waals surface area (Å²) < 4.78 is 36.1. The number of hydrogen-bond acceptors (Lipinski definition) is 4. The lowest BCUT2D eigenvalue weighted by molar-refractivity contribution is -0.215. The van der Waals surface area contributed by atoms with E-state index in [0.29, 0.717) is 25.9 Å². The van der Waals surface area contributed by atoms with E-state index in [-0.39, 0.29) is 13.2 Å². The number of hydrogen-bond donors (Lipinski definition) is 4. The molecule has 1 rings (SSSR count). The average Bonchev–Trinajstić information content (AvgIpc) is 2.26. The Hall–Kier alpha value is -0.370. The van der Waals surface area contributed by atoms with E-state index in [1.807, 2.05) is 5.32 Å². The summed E-state index contributed by atoms with van der Waals surface area (Å²) in [5.74, 6) is 0. The minimum Gasteiger partial charge on any atom is -0.396 e. The van der Waals surface area contributed by atoms with Crippen molar-refractivity contribution in [3.63, 3.8) is 0 Å². The fraction of sp³-hybridized carbons (Fsp3) is 1.00. The normalized spacial score (nSPS) is 23.1. The zero-order chi connectivity index (χ0) is 12.2. The smallest absolute Gasteiger partial charge is 0.396 e. The Bertz CT molecular complexity index is 217. The second kappa shape index (κ2) is 5.31. The van der Waals surface area contributed by atoms with E-state index in [2.05, 4.69) is 5.32 Å². The molecular weight excluding hydrogens is 225 g/mol. The van der Waals surface area contributed by atoms with Crippen LogP contribution in [0.1, 0.15) is 12.8 Å². The molecule has 0 bridgehead atoms. The van der Waals surface area contributed by atoms with Gasteiger partial charge < -0.3 is 15.5 Å². The van der Waals surface area contributed by atoms with Gasteiger partial charge in [-0.15, -0.1) is 0 Å². The van der Waals surface area contributed by atoms with Crippen molar-refractivity contribution >= 4 is 0 Å². The number of aliphatic hydroxyl groups excluding tert-OH is 2. The number of rotatable bonds is 4. The van der Waals surface area contributed by atoms with Crippen LogP contribution in [0.25, 0.3) is 0 Å². The highest BCUT2D eigenvalue weighted by atomic mass is 19.4. The average molecular weight is 242 g/mol. The molecule has 1 aliphatic rings. The van der Waals surface area contributed by atoms with Crippen LogP contribution in [0.3, 0.4) is 0 Å². The largest absolute Gasteiger partial charge is 0.427 e. The topological polar surface area (TPSA) is 64.5 Å². The van der Waals surface area contributed by atoms with Crippen molar-refractivity contribution < 1.29 is 23.4 Å². The van der Waals surface area contributed by atoms with Crippen LogP contribution in [0.15, 0.2) is 0 Å². The Kier molecular flexibility index (Phi) is 4.54. The van der Waals surface area contributed by atoms with Crippen molar-refractivity contribution in [1.82, 2.24) is 10.6 Å². The molecule has 4 nitrogen and oxygen atoms in total. The Morgan fingerprint density at radius 1 is 1.31 bits per heavy atom. The van der Waals surface area contributed by atoms with Gasteiger partial charge in [0.15, 0.2) is 0 Å². The highest BCUT2D eigenvalue weighted by Crippen LogP contribution is 2.28. The van der Waals surface area contributed by atoms with Crippen molar-refractivity contribution in [3.8, 4) is 0 Å². The van der Waals surface area contributed by atoms with Gasteiger partial charge in [0, 0.05) is 12.0 Å². The van der Waals surface area contributed by atoms with E-state index in [1.165, 1.54) is 0 Å². The van der Waals surface area contributed by atoms with Crippen molar-refractivity contribution in [2.75, 3.05) is 26.2 Å². The van der Waals surface area contributed by atoms with Gasteiger partial charge in [-0.25, -0.2) is 0 Å². The third kappa shape index (κ3) is 3.58. The number of piperidine rings is 1. The first-order chi connectivity index (χ1) is 7.40. The van der Waals surface area contributed by atoms with Crippen molar-refractivity contribution in [2.24, 2.45) is 5.41 Å². The van der Waals surface area contributed by atoms with Crippen LogP contribution in [-0.4, -0.2) is 48.9 Å². The minimum atomic E-state index is -4.66. The lowest BCUT2D eigenvalue weighted by Gasteiger charge is -2.37. The van der Waals surface area contributed by atoms with E-state index in [9.17, 15) is 18.3 Å². The number of nitrogens with one attached hydrogen (secondary N) is 2. The zero-order valence-electron chi connectivity index (χ0n) is 8.85. The molecule has 96 valence electrons. The van der Waals surface area contributed by atoms with Gasteiger partial charge in [-0.3, -0.25) is 5.32 Å². The lowest BCUT2D eigenvalue weighted by atomic mass is 9.79. The molecule has 0 amide bonds. The molecule has 0 saturated carbocycles. The Morgan fingerprint density at radius 2 is 1.88 bits per heavy atom. The maximum absolute atomic E-state index is 12.0. The van der Waals surface area contributed by atoms with Gasteiger partial charge in [0.25, 0.3) is 0 Å². The van der Waals surface area contributed by atoms with Crippen LogP contribution in [0.2, 0.25) is 0 Å². The molecule has 0 aromatic carbocycles. The van der Waals surface area contributed by atoms with E-state index in [4.69, 9.17) is 5.11 Å². The van der Waals surface area contributed by atoms with E-state index < -0.39 is 17.8 Å². The Balaban J connectivity index is 2.45. The number of alkyl halides is 3. The fourth-order valence-electron chi connectivity index (χ4n) is 1.78. The highest BCUT2D eigenvalue weighted by Gasteiger charge is 2.40. The SMILES string of the molecule is OCC1(CNC(O)C(F)(F)F)CCNCC1. The molecule has 0 aromatic rings. The lowest BCUT2D eigenvalue weighted by Crippen LogP contribution is -2.51. The Labute approximate surface area is 91.8 Å². The third-order valence-electron chi connectivity index (χ3n) is 2.98. The molecule has 1 fully saturated rings. The second-order valence-electron chi connectivity index (χ2n) is 4.23. The standard InChI is InChI=1S/C9H17F3N2O2/c10-9(11,12)7(16)14-5-8(6-15)1-3-13-4-2-8/h7,13-16H,1-6H2. The number of aliphatic hydroxyl groups is 2. The van der Waals surface area contributed by atoms with Crippen molar-refractivity contribution in [1.29, 1.82) is 0 Å². The van der Waals surface area contributed by atoms with Gasteiger partial charge in [0.2, 0.25) is 6.23 Å². The summed E-state index contributed by atoms with van der Waals surface area (Å²) in [6.07, 6.45) is -5.99. The van der Waals surface area contributed by atoms with Crippen LogP contribution in [0, 0.1) is 5.41 Å². The zero-order valence-corrected chi connectivity index (χ0v) is 8.85. The molecule has 1 aliphatic heterocycles. The molecule has 1 atom stereocenters. The quantitative estimate of drug-likeness (QED) is 0.516. The monoisotopic (exact) mass is 242 g/mol. The van der Waals surface area contributed by atoms with Crippen LogP contribution in [0.5, 0.6) is 0 Å². The third-order valence-corrected chi connectivity index (χ3v) is 2.98. The highest BCUT2D eigenvalue weighted by molar-refractivity contribution is 4.86. The van der Waals surface area contributed by atoms with E-state index in [0.717, 1.165) is 0 Å². The van der Waals surface area contributed by atoms with Gasteiger partial charge in [0.1, 0.15) is 0 Å². The summed E-state index contributed by atoms with van der Waals surface area (Å²) >= 11 is 0. The summed E-state index contributed by atoms with van der Waals surface area (Å²) in [5, 5.41) is 23.1.